The van der Waals surface area contributed by atoms with Gasteiger partial charge in [-0.1, -0.05) is 6.07 Å². The molecule has 2 aliphatic rings. The number of para-hydroxylation sites is 1. The number of anilines is 1. The third-order valence-electron chi connectivity index (χ3n) is 4.46. The maximum Gasteiger partial charge on any atom is 0.333 e. The Labute approximate surface area is 124 Å². The van der Waals surface area contributed by atoms with Crippen molar-refractivity contribution in [2.75, 3.05) is 18.5 Å². The van der Waals surface area contributed by atoms with E-state index in [9.17, 15) is 10.1 Å². The third kappa shape index (κ3) is 3.28. The average Bonchev–Trinajstić information content (AvgIpc) is 3.33. The van der Waals surface area contributed by atoms with E-state index in [4.69, 9.17) is 4.74 Å². The first-order valence-electron chi connectivity index (χ1n) is 7.84. The number of hydrogen-bond donors (Lipinski definition) is 1. The molecule has 114 valence electrons. The van der Waals surface area contributed by atoms with Crippen LogP contribution in [-0.2, 0) is 0 Å². The molecular formula is C16H22N2O3. The molecule has 0 amide bonds. The molecular weight excluding hydrogens is 268 g/mol. The monoisotopic (exact) mass is 290 g/mol. The summed E-state index contributed by atoms with van der Waals surface area (Å²) >= 11 is 0. The highest BCUT2D eigenvalue weighted by molar-refractivity contribution is 5.68. The molecule has 0 atom stereocenters. The van der Waals surface area contributed by atoms with E-state index in [-0.39, 0.29) is 10.6 Å². The molecule has 0 aliphatic heterocycles. The predicted molar refractivity (Wildman–Crippen MR) is 81.7 cm³/mol. The number of benzene rings is 1. The summed E-state index contributed by atoms with van der Waals surface area (Å²) in [5.74, 6) is 2.69. The van der Waals surface area contributed by atoms with Crippen LogP contribution in [0.15, 0.2) is 18.2 Å². The summed E-state index contributed by atoms with van der Waals surface area (Å²) in [6, 6.07) is 5.24. The standard InChI is InChI=1S/C16H22N2O3/c1-2-21-15-5-3-4-14(16(15)18(19)20)17-10-13(11-6-7-11)12-8-9-12/h3-5,11-13,17H,2,6-10H2,1H3. The van der Waals surface area contributed by atoms with Crippen LogP contribution in [0.2, 0.25) is 0 Å². The number of nitrogens with zero attached hydrogens (tertiary/aromatic N) is 1. The topological polar surface area (TPSA) is 64.4 Å². The van der Waals surface area contributed by atoms with Crippen molar-refractivity contribution in [1.82, 2.24) is 0 Å². The van der Waals surface area contributed by atoms with Crippen molar-refractivity contribution in [3.05, 3.63) is 28.3 Å². The quantitative estimate of drug-likeness (QED) is 0.583. The van der Waals surface area contributed by atoms with Crippen LogP contribution in [0.25, 0.3) is 0 Å². The van der Waals surface area contributed by atoms with Crippen molar-refractivity contribution in [2.45, 2.75) is 32.6 Å². The van der Waals surface area contributed by atoms with Crippen LogP contribution in [0.1, 0.15) is 32.6 Å². The minimum Gasteiger partial charge on any atom is -0.487 e. The molecule has 1 N–H and O–H groups in total. The van der Waals surface area contributed by atoms with Crippen LogP contribution < -0.4 is 10.1 Å². The molecule has 1 aromatic rings. The normalized spacial score (nSPS) is 17.8. The molecule has 5 heteroatoms. The summed E-state index contributed by atoms with van der Waals surface area (Å²) in [5.41, 5.74) is 0.641. The van der Waals surface area contributed by atoms with Gasteiger partial charge in [-0.3, -0.25) is 10.1 Å². The molecule has 2 saturated carbocycles. The van der Waals surface area contributed by atoms with Gasteiger partial charge in [0, 0.05) is 6.54 Å². The second-order valence-corrected chi connectivity index (χ2v) is 6.06. The summed E-state index contributed by atoms with van der Waals surface area (Å²) in [6.07, 6.45) is 5.29. The summed E-state index contributed by atoms with van der Waals surface area (Å²) in [4.78, 5) is 11.0. The molecule has 2 aliphatic carbocycles. The fourth-order valence-corrected chi connectivity index (χ4v) is 3.12. The summed E-state index contributed by atoms with van der Waals surface area (Å²) in [7, 11) is 0. The molecule has 5 nitrogen and oxygen atoms in total. The molecule has 0 spiro atoms. The van der Waals surface area contributed by atoms with E-state index >= 15 is 0 Å². The van der Waals surface area contributed by atoms with Crippen molar-refractivity contribution in [3.8, 4) is 5.75 Å². The Morgan fingerprint density at radius 2 is 2.00 bits per heavy atom. The molecule has 3 rings (SSSR count). The van der Waals surface area contributed by atoms with E-state index in [0.29, 0.717) is 24.0 Å². The second kappa shape index (κ2) is 5.92. The molecule has 0 heterocycles. The lowest BCUT2D eigenvalue weighted by molar-refractivity contribution is -0.384. The zero-order valence-electron chi connectivity index (χ0n) is 12.4. The van der Waals surface area contributed by atoms with Crippen LogP contribution in [0.4, 0.5) is 11.4 Å². The Kier molecular flexibility index (Phi) is 3.99. The average molecular weight is 290 g/mol. The molecule has 0 unspecified atom stereocenters. The van der Waals surface area contributed by atoms with Gasteiger partial charge in [0.1, 0.15) is 5.69 Å². The van der Waals surface area contributed by atoms with Gasteiger partial charge >= 0.3 is 5.69 Å². The molecule has 1 aromatic carbocycles. The van der Waals surface area contributed by atoms with E-state index in [1.807, 2.05) is 13.0 Å². The molecule has 0 saturated heterocycles. The number of rotatable bonds is 8. The smallest absolute Gasteiger partial charge is 0.333 e. The number of hydrogen-bond acceptors (Lipinski definition) is 4. The summed E-state index contributed by atoms with van der Waals surface area (Å²) in [6.45, 7) is 3.10. The zero-order chi connectivity index (χ0) is 14.8. The lowest BCUT2D eigenvalue weighted by Gasteiger charge is -2.17. The molecule has 0 aromatic heterocycles. The van der Waals surface area contributed by atoms with Gasteiger partial charge < -0.3 is 10.1 Å². The Morgan fingerprint density at radius 3 is 2.52 bits per heavy atom. The maximum absolute atomic E-state index is 11.3. The van der Waals surface area contributed by atoms with Gasteiger partial charge in [0.05, 0.1) is 11.5 Å². The van der Waals surface area contributed by atoms with Crippen LogP contribution in [-0.4, -0.2) is 18.1 Å². The van der Waals surface area contributed by atoms with Gasteiger partial charge in [-0.25, -0.2) is 0 Å². The van der Waals surface area contributed by atoms with Crippen LogP contribution in [0.5, 0.6) is 5.75 Å². The van der Waals surface area contributed by atoms with Crippen molar-refractivity contribution >= 4 is 11.4 Å². The van der Waals surface area contributed by atoms with Gasteiger partial charge in [-0.15, -0.1) is 0 Å². The molecule has 0 radical (unpaired) electrons. The Morgan fingerprint density at radius 1 is 1.33 bits per heavy atom. The van der Waals surface area contributed by atoms with Crippen molar-refractivity contribution in [3.63, 3.8) is 0 Å². The number of nitro benzene ring substituents is 1. The lowest BCUT2D eigenvalue weighted by atomic mass is 9.98. The van der Waals surface area contributed by atoms with E-state index in [0.717, 1.165) is 18.4 Å². The highest BCUT2D eigenvalue weighted by atomic mass is 16.6. The largest absolute Gasteiger partial charge is 0.487 e. The van der Waals surface area contributed by atoms with E-state index in [2.05, 4.69) is 5.32 Å². The van der Waals surface area contributed by atoms with Crippen molar-refractivity contribution in [1.29, 1.82) is 0 Å². The first-order chi connectivity index (χ1) is 10.2. The molecule has 2 fully saturated rings. The minimum atomic E-state index is -0.351. The van der Waals surface area contributed by atoms with Gasteiger partial charge in [0.25, 0.3) is 0 Å². The van der Waals surface area contributed by atoms with Gasteiger partial charge in [0.2, 0.25) is 0 Å². The minimum absolute atomic E-state index is 0.0599. The Hall–Kier alpha value is -1.78. The Balaban J connectivity index is 1.74. The third-order valence-corrected chi connectivity index (χ3v) is 4.46. The SMILES string of the molecule is CCOc1cccc(NCC(C2CC2)C2CC2)c1[N+](=O)[O-]. The van der Waals surface area contributed by atoms with Gasteiger partial charge in [0.15, 0.2) is 5.75 Å². The number of nitro groups is 1. The molecule has 21 heavy (non-hydrogen) atoms. The van der Waals surface area contributed by atoms with Gasteiger partial charge in [-0.05, 0) is 62.5 Å². The number of nitrogens with one attached hydrogen (secondary N) is 1. The van der Waals surface area contributed by atoms with Crippen LogP contribution >= 0.6 is 0 Å². The second-order valence-electron chi connectivity index (χ2n) is 6.06. The lowest BCUT2D eigenvalue weighted by Crippen LogP contribution is -2.18. The van der Waals surface area contributed by atoms with Gasteiger partial charge in [-0.2, -0.15) is 0 Å². The van der Waals surface area contributed by atoms with Crippen LogP contribution in [0.3, 0.4) is 0 Å². The van der Waals surface area contributed by atoms with Crippen molar-refractivity contribution < 1.29 is 9.66 Å². The Bertz CT molecular complexity index is 512. The maximum atomic E-state index is 11.3. The number of ether oxygens (including phenoxy) is 1. The fourth-order valence-electron chi connectivity index (χ4n) is 3.12. The summed E-state index contributed by atoms with van der Waals surface area (Å²) < 4.78 is 5.38. The van der Waals surface area contributed by atoms with Crippen molar-refractivity contribution in [2.24, 2.45) is 17.8 Å². The van der Waals surface area contributed by atoms with E-state index in [1.54, 1.807) is 12.1 Å². The van der Waals surface area contributed by atoms with E-state index in [1.165, 1.54) is 25.7 Å². The predicted octanol–water partition coefficient (Wildman–Crippen LogP) is 3.84. The first kappa shape index (κ1) is 14.2. The fraction of sp³-hybridized carbons (Fsp3) is 0.625. The highest BCUT2D eigenvalue weighted by Gasteiger charge is 2.41. The first-order valence-corrected chi connectivity index (χ1v) is 7.84. The highest BCUT2D eigenvalue weighted by Crippen LogP contribution is 2.49. The zero-order valence-corrected chi connectivity index (χ0v) is 12.4. The molecule has 0 bridgehead atoms. The van der Waals surface area contributed by atoms with Crippen LogP contribution in [0, 0.1) is 27.9 Å². The summed E-state index contributed by atoms with van der Waals surface area (Å²) in [5, 5.41) is 14.7. The van der Waals surface area contributed by atoms with E-state index < -0.39 is 0 Å².